The van der Waals surface area contributed by atoms with Gasteiger partial charge in [0.15, 0.2) is 0 Å². The van der Waals surface area contributed by atoms with Crippen molar-refractivity contribution in [3.05, 3.63) is 59.4 Å². The van der Waals surface area contributed by atoms with Crippen molar-refractivity contribution in [1.29, 1.82) is 0 Å². The van der Waals surface area contributed by atoms with Crippen LogP contribution >= 0.6 is 0 Å². The zero-order valence-electron chi connectivity index (χ0n) is 17.5. The van der Waals surface area contributed by atoms with E-state index >= 15 is 0 Å². The molecule has 3 rings (SSSR count). The summed E-state index contributed by atoms with van der Waals surface area (Å²) >= 11 is 0. The first-order chi connectivity index (χ1) is 14.5. The highest BCUT2D eigenvalue weighted by atomic mass is 16.5. The molecular weight excluding hydrogens is 384 g/mol. The first kappa shape index (κ1) is 21.0. The molecule has 0 aliphatic carbocycles. The molecule has 0 aliphatic heterocycles. The predicted octanol–water partition coefficient (Wildman–Crippen LogP) is 4.17. The maximum absolute atomic E-state index is 12.6. The minimum Gasteiger partial charge on any atom is -0.497 e. The SMILES string of the molecule is COc1ccc(CCc2n[nH]c(C)c2NC(=O)Nc2cc(OC)cc(OC)c2)cc1. The Bertz CT molecular complexity index is 977. The first-order valence-electron chi connectivity index (χ1n) is 9.50. The van der Waals surface area contributed by atoms with Gasteiger partial charge in [-0.05, 0) is 37.5 Å². The lowest BCUT2D eigenvalue weighted by atomic mass is 10.1. The highest BCUT2D eigenvalue weighted by Crippen LogP contribution is 2.26. The lowest BCUT2D eigenvalue weighted by Crippen LogP contribution is -2.20. The number of aryl methyl sites for hydroxylation is 3. The highest BCUT2D eigenvalue weighted by Gasteiger charge is 2.14. The number of aromatic amines is 1. The van der Waals surface area contributed by atoms with Gasteiger partial charge in [-0.1, -0.05) is 12.1 Å². The molecule has 3 N–H and O–H groups in total. The molecular formula is C22H26N4O4. The van der Waals surface area contributed by atoms with Crippen molar-refractivity contribution in [2.45, 2.75) is 19.8 Å². The molecule has 0 unspecified atom stereocenters. The third-order valence-corrected chi connectivity index (χ3v) is 4.68. The van der Waals surface area contributed by atoms with Crippen molar-refractivity contribution in [2.24, 2.45) is 0 Å². The normalized spacial score (nSPS) is 10.4. The molecule has 0 saturated heterocycles. The molecule has 1 heterocycles. The number of aromatic nitrogens is 2. The maximum atomic E-state index is 12.6. The summed E-state index contributed by atoms with van der Waals surface area (Å²) in [5, 5.41) is 13.0. The minimum atomic E-state index is -0.375. The summed E-state index contributed by atoms with van der Waals surface area (Å²) in [6.07, 6.45) is 1.47. The fraction of sp³-hybridized carbons (Fsp3) is 0.273. The van der Waals surface area contributed by atoms with Crippen molar-refractivity contribution < 1.29 is 19.0 Å². The van der Waals surface area contributed by atoms with Crippen LogP contribution in [0, 0.1) is 6.92 Å². The summed E-state index contributed by atoms with van der Waals surface area (Å²) in [7, 11) is 4.76. The van der Waals surface area contributed by atoms with Crippen molar-refractivity contribution >= 4 is 17.4 Å². The van der Waals surface area contributed by atoms with E-state index < -0.39 is 0 Å². The second-order valence-electron chi connectivity index (χ2n) is 6.70. The summed E-state index contributed by atoms with van der Waals surface area (Å²) in [5.74, 6) is 2.00. The number of rotatable bonds is 8. The Morgan fingerprint density at radius 3 is 2.13 bits per heavy atom. The molecule has 158 valence electrons. The first-order valence-corrected chi connectivity index (χ1v) is 9.50. The molecule has 0 atom stereocenters. The van der Waals surface area contributed by atoms with E-state index in [9.17, 15) is 4.79 Å². The number of H-pyrrole nitrogens is 1. The van der Waals surface area contributed by atoms with Gasteiger partial charge in [-0.2, -0.15) is 5.10 Å². The third-order valence-electron chi connectivity index (χ3n) is 4.68. The highest BCUT2D eigenvalue weighted by molar-refractivity contribution is 6.00. The Kier molecular flexibility index (Phi) is 6.79. The number of benzene rings is 2. The van der Waals surface area contributed by atoms with E-state index in [-0.39, 0.29) is 6.03 Å². The largest absolute Gasteiger partial charge is 0.497 e. The van der Waals surface area contributed by atoms with E-state index in [1.807, 2.05) is 31.2 Å². The molecule has 8 nitrogen and oxygen atoms in total. The number of carbonyl (C=O) groups is 1. The van der Waals surface area contributed by atoms with Gasteiger partial charge in [0.25, 0.3) is 0 Å². The van der Waals surface area contributed by atoms with Crippen LogP contribution in [0.4, 0.5) is 16.2 Å². The Balaban J connectivity index is 1.66. The molecule has 0 fully saturated rings. The molecule has 0 bridgehead atoms. The van der Waals surface area contributed by atoms with E-state index in [0.29, 0.717) is 29.3 Å². The number of nitrogens with one attached hydrogen (secondary N) is 3. The molecule has 0 aliphatic rings. The van der Waals surface area contributed by atoms with E-state index in [1.165, 1.54) is 0 Å². The molecule has 3 aromatic rings. The summed E-state index contributed by atoms with van der Waals surface area (Å²) in [6, 6.07) is 12.7. The van der Waals surface area contributed by atoms with Crippen molar-refractivity contribution in [2.75, 3.05) is 32.0 Å². The van der Waals surface area contributed by atoms with Crippen LogP contribution in [0.1, 0.15) is 17.0 Å². The predicted molar refractivity (Wildman–Crippen MR) is 116 cm³/mol. The van der Waals surface area contributed by atoms with Crippen molar-refractivity contribution in [1.82, 2.24) is 10.2 Å². The maximum Gasteiger partial charge on any atom is 0.323 e. The number of amides is 2. The molecule has 8 heteroatoms. The van der Waals surface area contributed by atoms with Crippen LogP contribution in [0.3, 0.4) is 0 Å². The molecule has 0 saturated carbocycles. The van der Waals surface area contributed by atoms with Gasteiger partial charge in [0, 0.05) is 23.9 Å². The van der Waals surface area contributed by atoms with Crippen LogP contribution < -0.4 is 24.8 Å². The van der Waals surface area contributed by atoms with Crippen LogP contribution in [-0.4, -0.2) is 37.6 Å². The van der Waals surface area contributed by atoms with Gasteiger partial charge in [-0.15, -0.1) is 0 Å². The number of urea groups is 1. The number of methoxy groups -OCH3 is 3. The molecule has 1 aromatic heterocycles. The summed E-state index contributed by atoms with van der Waals surface area (Å²) in [6.45, 7) is 1.87. The van der Waals surface area contributed by atoms with E-state index in [0.717, 1.165) is 29.1 Å². The van der Waals surface area contributed by atoms with E-state index in [4.69, 9.17) is 14.2 Å². The minimum absolute atomic E-state index is 0.375. The fourth-order valence-corrected chi connectivity index (χ4v) is 3.04. The Morgan fingerprint density at radius 1 is 0.900 bits per heavy atom. The van der Waals surface area contributed by atoms with Crippen LogP contribution in [0.5, 0.6) is 17.2 Å². The number of hydrogen-bond acceptors (Lipinski definition) is 5. The Labute approximate surface area is 175 Å². The lowest BCUT2D eigenvalue weighted by Gasteiger charge is -2.11. The van der Waals surface area contributed by atoms with Crippen LogP contribution in [0.2, 0.25) is 0 Å². The Morgan fingerprint density at radius 2 is 1.53 bits per heavy atom. The topological polar surface area (TPSA) is 97.5 Å². The quantitative estimate of drug-likeness (QED) is 0.518. The van der Waals surface area contributed by atoms with E-state index in [1.54, 1.807) is 39.5 Å². The molecule has 2 amide bonds. The zero-order valence-corrected chi connectivity index (χ0v) is 17.5. The van der Waals surface area contributed by atoms with Gasteiger partial charge in [0.05, 0.1) is 38.4 Å². The third kappa shape index (κ3) is 5.22. The van der Waals surface area contributed by atoms with Gasteiger partial charge in [-0.25, -0.2) is 4.79 Å². The number of ether oxygens (including phenoxy) is 3. The number of anilines is 2. The van der Waals surface area contributed by atoms with Crippen molar-refractivity contribution in [3.8, 4) is 17.2 Å². The monoisotopic (exact) mass is 410 g/mol. The van der Waals surface area contributed by atoms with Crippen LogP contribution in [0.15, 0.2) is 42.5 Å². The average molecular weight is 410 g/mol. The standard InChI is InChI=1S/C22H26N4O4/c1-14-21(20(26-25-14)10-7-15-5-8-17(28-2)9-6-15)24-22(27)23-16-11-18(29-3)13-19(12-16)30-4/h5-6,8-9,11-13H,7,10H2,1-4H3,(H,25,26)(H2,23,24,27). The zero-order chi connectivity index (χ0) is 21.5. The van der Waals surface area contributed by atoms with Gasteiger partial charge >= 0.3 is 6.03 Å². The van der Waals surface area contributed by atoms with Gasteiger partial charge in [0.1, 0.15) is 17.2 Å². The Hall–Kier alpha value is -3.68. The van der Waals surface area contributed by atoms with E-state index in [2.05, 4.69) is 20.8 Å². The number of hydrogen-bond donors (Lipinski definition) is 3. The lowest BCUT2D eigenvalue weighted by molar-refractivity contribution is 0.262. The molecule has 0 radical (unpaired) electrons. The fourth-order valence-electron chi connectivity index (χ4n) is 3.04. The average Bonchev–Trinajstić information content (AvgIpc) is 3.11. The molecule has 2 aromatic carbocycles. The van der Waals surface area contributed by atoms with Gasteiger partial charge in [-0.3, -0.25) is 5.10 Å². The summed E-state index contributed by atoms with van der Waals surface area (Å²) in [4.78, 5) is 12.6. The second kappa shape index (κ2) is 9.69. The van der Waals surface area contributed by atoms with Gasteiger partial charge in [0.2, 0.25) is 0 Å². The van der Waals surface area contributed by atoms with Gasteiger partial charge < -0.3 is 24.8 Å². The molecule has 30 heavy (non-hydrogen) atoms. The van der Waals surface area contributed by atoms with Crippen molar-refractivity contribution in [3.63, 3.8) is 0 Å². The molecule has 0 spiro atoms. The van der Waals surface area contributed by atoms with Crippen LogP contribution in [0.25, 0.3) is 0 Å². The number of carbonyl (C=O) groups excluding carboxylic acids is 1. The summed E-state index contributed by atoms with van der Waals surface area (Å²) in [5.41, 5.74) is 3.98. The van der Waals surface area contributed by atoms with Crippen LogP contribution in [-0.2, 0) is 12.8 Å². The summed E-state index contributed by atoms with van der Waals surface area (Å²) < 4.78 is 15.7. The second-order valence-corrected chi connectivity index (χ2v) is 6.70. The number of nitrogens with zero attached hydrogens (tertiary/aromatic N) is 1. The smallest absolute Gasteiger partial charge is 0.323 e.